The van der Waals surface area contributed by atoms with Crippen LogP contribution in [0.15, 0.2) is 52.3 Å². The highest BCUT2D eigenvalue weighted by molar-refractivity contribution is 7.98. The zero-order chi connectivity index (χ0) is 14.8. The summed E-state index contributed by atoms with van der Waals surface area (Å²) in [6.45, 7) is 0. The molecule has 2 rings (SSSR count). The minimum absolute atomic E-state index is 0.0234. The Morgan fingerprint density at radius 2 is 1.90 bits per heavy atom. The van der Waals surface area contributed by atoms with Crippen LogP contribution in [-0.4, -0.2) is 14.7 Å². The number of hydrogen-bond donors (Lipinski definition) is 3. The third-order valence-corrected chi connectivity index (χ3v) is 4.34. The number of anilines is 3. The molecule has 0 saturated heterocycles. The van der Waals surface area contributed by atoms with Gasteiger partial charge in [-0.2, -0.15) is 0 Å². The molecule has 5 nitrogen and oxygen atoms in total. The summed E-state index contributed by atoms with van der Waals surface area (Å²) in [5.41, 5.74) is 7.64. The molecule has 20 heavy (non-hydrogen) atoms. The molecule has 0 radical (unpaired) electrons. The number of nitrogen functional groups attached to an aromatic ring is 1. The Morgan fingerprint density at radius 1 is 1.15 bits per heavy atom. The zero-order valence-corrected chi connectivity index (χ0v) is 12.5. The Bertz CT molecular complexity index is 730. The molecule has 0 saturated carbocycles. The zero-order valence-electron chi connectivity index (χ0n) is 10.8. The maximum atomic E-state index is 11.4. The van der Waals surface area contributed by atoms with Crippen molar-refractivity contribution in [3.63, 3.8) is 0 Å². The molecule has 0 spiro atoms. The van der Waals surface area contributed by atoms with Crippen LogP contribution < -0.4 is 16.2 Å². The van der Waals surface area contributed by atoms with Crippen molar-refractivity contribution >= 4 is 38.8 Å². The van der Waals surface area contributed by atoms with Crippen LogP contribution in [0.4, 0.5) is 17.1 Å². The van der Waals surface area contributed by atoms with Gasteiger partial charge < -0.3 is 11.1 Å². The van der Waals surface area contributed by atoms with Gasteiger partial charge in [0.2, 0.25) is 10.0 Å². The first-order chi connectivity index (χ1) is 9.40. The standard InChI is InChI=1S/C13H15N3O2S2/c1-19-10-4-2-3-9(7-10)16-13-8-11(20(15,17)18)5-6-12(13)14/h2-8,16H,14H2,1H3,(H2,15,17,18). The van der Waals surface area contributed by atoms with Crippen molar-refractivity contribution < 1.29 is 8.42 Å². The van der Waals surface area contributed by atoms with E-state index in [1.807, 2.05) is 30.5 Å². The lowest BCUT2D eigenvalue weighted by molar-refractivity contribution is 0.598. The van der Waals surface area contributed by atoms with Gasteiger partial charge in [-0.05, 0) is 42.7 Å². The number of rotatable bonds is 4. The summed E-state index contributed by atoms with van der Waals surface area (Å²) < 4.78 is 22.7. The molecule has 0 bridgehead atoms. The summed E-state index contributed by atoms with van der Waals surface area (Å²) >= 11 is 1.62. The Kier molecular flexibility index (Phi) is 4.22. The summed E-state index contributed by atoms with van der Waals surface area (Å²) in [6, 6.07) is 12.1. The first-order valence-corrected chi connectivity index (χ1v) is 8.50. The van der Waals surface area contributed by atoms with Gasteiger partial charge in [0.1, 0.15) is 0 Å². The molecule has 0 atom stereocenters. The molecule has 7 heteroatoms. The van der Waals surface area contributed by atoms with Crippen LogP contribution in [0.1, 0.15) is 0 Å². The predicted molar refractivity (Wildman–Crippen MR) is 83.7 cm³/mol. The number of nitrogens with two attached hydrogens (primary N) is 2. The minimum Gasteiger partial charge on any atom is -0.397 e. The molecule has 0 aliphatic heterocycles. The lowest BCUT2D eigenvalue weighted by Gasteiger charge is -2.11. The Morgan fingerprint density at radius 3 is 2.55 bits per heavy atom. The van der Waals surface area contributed by atoms with Crippen molar-refractivity contribution in [2.75, 3.05) is 17.3 Å². The lowest BCUT2D eigenvalue weighted by atomic mass is 10.2. The van der Waals surface area contributed by atoms with Crippen LogP contribution in [0.5, 0.6) is 0 Å². The van der Waals surface area contributed by atoms with E-state index in [0.29, 0.717) is 11.4 Å². The number of thioether (sulfide) groups is 1. The number of hydrogen-bond acceptors (Lipinski definition) is 5. The van der Waals surface area contributed by atoms with E-state index in [1.54, 1.807) is 11.8 Å². The number of nitrogens with one attached hydrogen (secondary N) is 1. The van der Waals surface area contributed by atoms with Crippen LogP contribution >= 0.6 is 11.8 Å². The molecule has 0 amide bonds. The topological polar surface area (TPSA) is 98.2 Å². The van der Waals surface area contributed by atoms with Gasteiger partial charge in [-0.15, -0.1) is 11.8 Å². The van der Waals surface area contributed by atoms with Crippen LogP contribution in [-0.2, 0) is 10.0 Å². The highest BCUT2D eigenvalue weighted by atomic mass is 32.2. The third-order valence-electron chi connectivity index (χ3n) is 2.70. The normalized spacial score (nSPS) is 11.3. The largest absolute Gasteiger partial charge is 0.397 e. The molecule has 2 aromatic carbocycles. The highest BCUT2D eigenvalue weighted by Crippen LogP contribution is 2.27. The second kappa shape index (κ2) is 5.74. The maximum Gasteiger partial charge on any atom is 0.238 e. The monoisotopic (exact) mass is 309 g/mol. The first-order valence-electron chi connectivity index (χ1n) is 5.73. The second-order valence-electron chi connectivity index (χ2n) is 4.15. The average Bonchev–Trinajstić information content (AvgIpc) is 2.40. The Hall–Kier alpha value is -1.70. The van der Waals surface area contributed by atoms with E-state index in [9.17, 15) is 8.42 Å². The Labute approximate surface area is 122 Å². The molecule has 106 valence electrons. The highest BCUT2D eigenvalue weighted by Gasteiger charge is 2.10. The number of primary sulfonamides is 1. The minimum atomic E-state index is -3.75. The molecular weight excluding hydrogens is 294 g/mol. The molecule has 0 aliphatic rings. The fourth-order valence-electron chi connectivity index (χ4n) is 1.68. The molecule has 0 aliphatic carbocycles. The van der Waals surface area contributed by atoms with Crippen LogP contribution in [0, 0.1) is 0 Å². The Balaban J connectivity index is 2.37. The molecule has 0 aromatic heterocycles. The molecule has 0 fully saturated rings. The number of benzene rings is 2. The van der Waals surface area contributed by atoms with Crippen LogP contribution in [0.25, 0.3) is 0 Å². The van der Waals surface area contributed by atoms with Gasteiger partial charge in [-0.25, -0.2) is 13.6 Å². The van der Waals surface area contributed by atoms with Crippen molar-refractivity contribution in [1.29, 1.82) is 0 Å². The summed E-state index contributed by atoms with van der Waals surface area (Å²) in [4.78, 5) is 1.12. The van der Waals surface area contributed by atoms with E-state index in [0.717, 1.165) is 10.6 Å². The molecule has 0 heterocycles. The van der Waals surface area contributed by atoms with E-state index in [1.165, 1.54) is 18.2 Å². The first kappa shape index (κ1) is 14.7. The van der Waals surface area contributed by atoms with Gasteiger partial charge in [-0.1, -0.05) is 6.07 Å². The SMILES string of the molecule is CSc1cccc(Nc2cc(S(N)(=O)=O)ccc2N)c1. The average molecular weight is 309 g/mol. The van der Waals surface area contributed by atoms with Gasteiger partial charge >= 0.3 is 0 Å². The van der Waals surface area contributed by atoms with Gasteiger partial charge in [0, 0.05) is 10.6 Å². The summed E-state index contributed by atoms with van der Waals surface area (Å²) in [7, 11) is -3.75. The van der Waals surface area contributed by atoms with E-state index in [4.69, 9.17) is 10.9 Å². The molecular formula is C13H15N3O2S2. The van der Waals surface area contributed by atoms with Crippen molar-refractivity contribution in [2.24, 2.45) is 5.14 Å². The molecule has 5 N–H and O–H groups in total. The summed E-state index contributed by atoms with van der Waals surface area (Å²) in [5.74, 6) is 0. The molecule has 2 aromatic rings. The van der Waals surface area contributed by atoms with E-state index in [2.05, 4.69) is 5.32 Å². The summed E-state index contributed by atoms with van der Waals surface area (Å²) in [6.07, 6.45) is 1.98. The fourth-order valence-corrected chi connectivity index (χ4v) is 2.68. The van der Waals surface area contributed by atoms with Gasteiger partial charge in [-0.3, -0.25) is 0 Å². The maximum absolute atomic E-state index is 11.4. The lowest BCUT2D eigenvalue weighted by Crippen LogP contribution is -2.12. The van der Waals surface area contributed by atoms with Crippen LogP contribution in [0.2, 0.25) is 0 Å². The van der Waals surface area contributed by atoms with Crippen molar-refractivity contribution in [3.8, 4) is 0 Å². The molecule has 0 unspecified atom stereocenters. The van der Waals surface area contributed by atoms with E-state index in [-0.39, 0.29) is 4.90 Å². The van der Waals surface area contributed by atoms with Crippen LogP contribution in [0.3, 0.4) is 0 Å². The van der Waals surface area contributed by atoms with Gasteiger partial charge in [0.15, 0.2) is 0 Å². The quantitative estimate of drug-likeness (QED) is 0.595. The van der Waals surface area contributed by atoms with Crippen molar-refractivity contribution in [2.45, 2.75) is 9.79 Å². The summed E-state index contributed by atoms with van der Waals surface area (Å²) in [5, 5.41) is 8.22. The second-order valence-corrected chi connectivity index (χ2v) is 6.59. The number of sulfonamides is 1. The fraction of sp³-hybridized carbons (Fsp3) is 0.0769. The van der Waals surface area contributed by atoms with Gasteiger partial charge in [0.05, 0.1) is 16.3 Å². The van der Waals surface area contributed by atoms with Crippen molar-refractivity contribution in [3.05, 3.63) is 42.5 Å². The van der Waals surface area contributed by atoms with E-state index >= 15 is 0 Å². The van der Waals surface area contributed by atoms with Crippen molar-refractivity contribution in [1.82, 2.24) is 0 Å². The smallest absolute Gasteiger partial charge is 0.238 e. The third kappa shape index (κ3) is 3.44. The predicted octanol–water partition coefficient (Wildman–Crippen LogP) is 2.38. The van der Waals surface area contributed by atoms with E-state index < -0.39 is 10.0 Å². The van der Waals surface area contributed by atoms with Gasteiger partial charge in [0.25, 0.3) is 0 Å².